The molecule has 0 aliphatic heterocycles. The summed E-state index contributed by atoms with van der Waals surface area (Å²) in [5.41, 5.74) is 1.16. The number of hydrogen-bond donors (Lipinski definition) is 1. The van der Waals surface area contributed by atoms with E-state index >= 15 is 0 Å². The Morgan fingerprint density at radius 1 is 1.64 bits per heavy atom. The number of thiazole rings is 1. The Balaban J connectivity index is 2.05. The van der Waals surface area contributed by atoms with Crippen LogP contribution >= 0.6 is 11.3 Å². The molecule has 1 aliphatic rings. The summed E-state index contributed by atoms with van der Waals surface area (Å²) in [6.07, 6.45) is 2.68. The lowest BCUT2D eigenvalue weighted by molar-refractivity contribution is 0.781. The van der Waals surface area contributed by atoms with Crippen molar-refractivity contribution in [2.75, 3.05) is 18.5 Å². The monoisotopic (exact) mass is 211 g/mol. The van der Waals surface area contributed by atoms with Crippen LogP contribution in [0.5, 0.6) is 0 Å². The van der Waals surface area contributed by atoms with E-state index in [9.17, 15) is 0 Å². The third-order valence-corrected chi connectivity index (χ3v) is 3.40. The number of nitrogens with one attached hydrogen (secondary N) is 1. The lowest BCUT2D eigenvalue weighted by atomic mass is 10.5. The second-order valence-corrected chi connectivity index (χ2v) is 4.51. The summed E-state index contributed by atoms with van der Waals surface area (Å²) in [6, 6.07) is 0.772. The molecule has 1 N–H and O–H groups in total. The molecule has 1 aliphatic carbocycles. The molecule has 1 heterocycles. The fourth-order valence-electron chi connectivity index (χ4n) is 1.63. The van der Waals surface area contributed by atoms with Gasteiger partial charge in [-0.25, -0.2) is 4.98 Å². The van der Waals surface area contributed by atoms with Crippen LogP contribution in [-0.2, 0) is 6.54 Å². The molecule has 0 saturated heterocycles. The molecule has 0 atom stereocenters. The zero-order chi connectivity index (χ0) is 9.97. The predicted molar refractivity (Wildman–Crippen MR) is 60.9 cm³/mol. The van der Waals surface area contributed by atoms with Gasteiger partial charge in [-0.2, -0.15) is 0 Å². The molecule has 4 heteroatoms. The van der Waals surface area contributed by atoms with Gasteiger partial charge in [0.25, 0.3) is 0 Å². The molecule has 1 aromatic heterocycles. The quantitative estimate of drug-likeness (QED) is 0.805. The van der Waals surface area contributed by atoms with Crippen LogP contribution in [-0.4, -0.2) is 24.6 Å². The van der Waals surface area contributed by atoms with Crippen LogP contribution in [0.25, 0.3) is 0 Å². The van der Waals surface area contributed by atoms with Crippen molar-refractivity contribution in [3.63, 3.8) is 0 Å². The molecule has 0 unspecified atom stereocenters. The number of rotatable bonds is 5. The summed E-state index contributed by atoms with van der Waals surface area (Å²) < 4.78 is 0. The lowest BCUT2D eigenvalue weighted by Gasteiger charge is -2.18. The Hall–Kier alpha value is -0.610. The molecule has 3 nitrogen and oxygen atoms in total. The van der Waals surface area contributed by atoms with E-state index < -0.39 is 0 Å². The average Bonchev–Trinajstić information content (AvgIpc) is 2.90. The van der Waals surface area contributed by atoms with Crippen LogP contribution in [0.3, 0.4) is 0 Å². The van der Waals surface area contributed by atoms with E-state index in [4.69, 9.17) is 0 Å². The number of nitrogens with zero attached hydrogens (tertiary/aromatic N) is 2. The maximum Gasteiger partial charge on any atom is 0.185 e. The van der Waals surface area contributed by atoms with Crippen molar-refractivity contribution in [3.8, 4) is 0 Å². The van der Waals surface area contributed by atoms with Gasteiger partial charge in [0, 0.05) is 24.5 Å². The van der Waals surface area contributed by atoms with E-state index in [0.717, 1.165) is 24.8 Å². The molecule has 0 spiro atoms. The van der Waals surface area contributed by atoms with Crippen molar-refractivity contribution in [1.29, 1.82) is 0 Å². The molecule has 1 fully saturated rings. The maximum absolute atomic E-state index is 4.61. The van der Waals surface area contributed by atoms with Gasteiger partial charge >= 0.3 is 0 Å². The molecule has 14 heavy (non-hydrogen) atoms. The minimum Gasteiger partial charge on any atom is -0.345 e. The highest BCUT2D eigenvalue weighted by Crippen LogP contribution is 2.32. The van der Waals surface area contributed by atoms with Crippen molar-refractivity contribution < 1.29 is 0 Å². The van der Waals surface area contributed by atoms with Crippen molar-refractivity contribution in [3.05, 3.63) is 11.1 Å². The summed E-state index contributed by atoms with van der Waals surface area (Å²) in [6.45, 7) is 4.16. The number of aromatic nitrogens is 1. The standard InChI is InChI=1S/C10H17N3S/c1-3-13(9-4-5-9)10-12-8(6-11-2)7-14-10/h7,9,11H,3-6H2,1-2H3. The second-order valence-electron chi connectivity index (χ2n) is 3.67. The van der Waals surface area contributed by atoms with Gasteiger partial charge in [0.2, 0.25) is 0 Å². The van der Waals surface area contributed by atoms with Gasteiger partial charge in [-0.05, 0) is 26.8 Å². The van der Waals surface area contributed by atoms with E-state index in [1.165, 1.54) is 18.0 Å². The molecular weight excluding hydrogens is 194 g/mol. The van der Waals surface area contributed by atoms with Crippen molar-refractivity contribution in [1.82, 2.24) is 10.3 Å². The Morgan fingerprint density at radius 3 is 3.00 bits per heavy atom. The predicted octanol–water partition coefficient (Wildman–Crippen LogP) is 1.85. The first-order valence-electron chi connectivity index (χ1n) is 5.20. The fourth-order valence-corrected chi connectivity index (χ4v) is 2.59. The third kappa shape index (κ3) is 2.07. The topological polar surface area (TPSA) is 28.2 Å². The van der Waals surface area contributed by atoms with Crippen molar-refractivity contribution in [2.45, 2.75) is 32.4 Å². The SMILES string of the molecule is CCN(c1nc(CNC)cs1)C1CC1. The zero-order valence-electron chi connectivity index (χ0n) is 8.79. The highest BCUT2D eigenvalue weighted by Gasteiger charge is 2.29. The normalized spacial score (nSPS) is 15.9. The second kappa shape index (κ2) is 4.28. The summed E-state index contributed by atoms with van der Waals surface area (Å²) in [4.78, 5) is 7.03. The van der Waals surface area contributed by atoms with Gasteiger partial charge in [-0.1, -0.05) is 0 Å². The maximum atomic E-state index is 4.61. The summed E-state index contributed by atoms with van der Waals surface area (Å²) in [5.74, 6) is 0. The van der Waals surface area contributed by atoms with Gasteiger partial charge in [0.15, 0.2) is 5.13 Å². The largest absolute Gasteiger partial charge is 0.345 e. The molecular formula is C10H17N3S. The first kappa shape index (κ1) is 9.93. The van der Waals surface area contributed by atoms with Gasteiger partial charge in [-0.3, -0.25) is 0 Å². The van der Waals surface area contributed by atoms with Crippen LogP contribution in [0.15, 0.2) is 5.38 Å². The number of hydrogen-bond acceptors (Lipinski definition) is 4. The molecule has 0 aromatic carbocycles. The van der Waals surface area contributed by atoms with Crippen LogP contribution in [0.1, 0.15) is 25.5 Å². The van der Waals surface area contributed by atoms with Crippen LogP contribution in [0, 0.1) is 0 Å². The van der Waals surface area contributed by atoms with E-state index in [1.54, 1.807) is 11.3 Å². The fraction of sp³-hybridized carbons (Fsp3) is 0.700. The van der Waals surface area contributed by atoms with Crippen LogP contribution < -0.4 is 10.2 Å². The van der Waals surface area contributed by atoms with E-state index in [1.807, 2.05) is 7.05 Å². The molecule has 0 amide bonds. The van der Waals surface area contributed by atoms with Crippen LogP contribution in [0.4, 0.5) is 5.13 Å². The number of anilines is 1. The summed E-state index contributed by atoms with van der Waals surface area (Å²) >= 11 is 1.77. The van der Waals surface area contributed by atoms with Gasteiger partial charge in [-0.15, -0.1) is 11.3 Å². The highest BCUT2D eigenvalue weighted by molar-refractivity contribution is 7.13. The minimum absolute atomic E-state index is 0.772. The molecule has 0 radical (unpaired) electrons. The lowest BCUT2D eigenvalue weighted by Crippen LogP contribution is -2.24. The van der Waals surface area contributed by atoms with E-state index in [0.29, 0.717) is 0 Å². The zero-order valence-corrected chi connectivity index (χ0v) is 9.60. The van der Waals surface area contributed by atoms with E-state index in [-0.39, 0.29) is 0 Å². The molecule has 1 aromatic rings. The molecule has 0 bridgehead atoms. The van der Waals surface area contributed by atoms with Crippen molar-refractivity contribution >= 4 is 16.5 Å². The first-order valence-corrected chi connectivity index (χ1v) is 6.08. The summed E-state index contributed by atoms with van der Waals surface area (Å²) in [7, 11) is 1.96. The van der Waals surface area contributed by atoms with Crippen molar-refractivity contribution in [2.24, 2.45) is 0 Å². The smallest absolute Gasteiger partial charge is 0.185 e. The van der Waals surface area contributed by atoms with Gasteiger partial charge in [0.05, 0.1) is 5.69 Å². The summed E-state index contributed by atoms with van der Waals surface area (Å²) in [5, 5.41) is 6.47. The Bertz CT molecular complexity index is 293. The highest BCUT2D eigenvalue weighted by atomic mass is 32.1. The molecule has 78 valence electrons. The Labute approximate surface area is 89.1 Å². The Kier molecular flexibility index (Phi) is 3.03. The Morgan fingerprint density at radius 2 is 2.43 bits per heavy atom. The molecule has 1 saturated carbocycles. The third-order valence-electron chi connectivity index (χ3n) is 2.47. The van der Waals surface area contributed by atoms with Crippen LogP contribution in [0.2, 0.25) is 0 Å². The van der Waals surface area contributed by atoms with Gasteiger partial charge < -0.3 is 10.2 Å². The first-order chi connectivity index (χ1) is 6.85. The average molecular weight is 211 g/mol. The minimum atomic E-state index is 0.772. The molecule has 2 rings (SSSR count). The van der Waals surface area contributed by atoms with Gasteiger partial charge in [0.1, 0.15) is 0 Å². The van der Waals surface area contributed by atoms with E-state index in [2.05, 4.69) is 27.5 Å².